The summed E-state index contributed by atoms with van der Waals surface area (Å²) in [5.74, 6) is -0.750. The Bertz CT molecular complexity index is 1010. The van der Waals surface area contributed by atoms with E-state index in [2.05, 4.69) is 14.7 Å². The molecular formula is C20H17F3N2O4. The lowest BCUT2D eigenvalue weighted by atomic mass is 10.1. The summed E-state index contributed by atoms with van der Waals surface area (Å²) in [5, 5.41) is 9.67. The van der Waals surface area contributed by atoms with Crippen LogP contribution >= 0.6 is 0 Å². The molecule has 152 valence electrons. The third-order valence-electron chi connectivity index (χ3n) is 4.03. The van der Waals surface area contributed by atoms with E-state index in [0.29, 0.717) is 23.4 Å². The van der Waals surface area contributed by atoms with Crippen LogP contribution < -0.4 is 4.74 Å². The molecule has 0 aliphatic heterocycles. The van der Waals surface area contributed by atoms with Gasteiger partial charge in [0, 0.05) is 24.6 Å². The molecule has 2 heterocycles. The molecule has 6 nitrogen and oxygen atoms in total. The van der Waals surface area contributed by atoms with Gasteiger partial charge in [-0.3, -0.25) is 9.78 Å². The van der Waals surface area contributed by atoms with Crippen molar-refractivity contribution in [1.82, 2.24) is 9.97 Å². The van der Waals surface area contributed by atoms with E-state index in [4.69, 9.17) is 4.42 Å². The van der Waals surface area contributed by atoms with Crippen LogP contribution in [0.2, 0.25) is 0 Å². The van der Waals surface area contributed by atoms with E-state index in [1.54, 1.807) is 25.3 Å². The van der Waals surface area contributed by atoms with E-state index in [9.17, 15) is 23.1 Å². The van der Waals surface area contributed by atoms with Crippen molar-refractivity contribution in [2.45, 2.75) is 25.9 Å². The minimum absolute atomic E-state index is 0.125. The van der Waals surface area contributed by atoms with Crippen LogP contribution in [0.3, 0.4) is 0 Å². The van der Waals surface area contributed by atoms with Crippen molar-refractivity contribution >= 4 is 5.78 Å². The maximum absolute atomic E-state index is 12.3. The van der Waals surface area contributed by atoms with Gasteiger partial charge < -0.3 is 14.3 Å². The van der Waals surface area contributed by atoms with Gasteiger partial charge in [0.15, 0.2) is 23.9 Å². The number of Topliss-reactive ketones (excluding diaryl/α,β-unsaturated/α-hetero) is 1. The van der Waals surface area contributed by atoms with Gasteiger partial charge in [-0.15, -0.1) is 0 Å². The second kappa shape index (κ2) is 8.34. The molecule has 0 spiro atoms. The molecule has 0 radical (unpaired) electrons. The van der Waals surface area contributed by atoms with Crippen LogP contribution in [0.1, 0.15) is 28.2 Å². The highest BCUT2D eigenvalue weighted by atomic mass is 19.4. The molecular weight excluding hydrogens is 389 g/mol. The molecule has 1 aromatic carbocycles. The Kier molecular flexibility index (Phi) is 5.86. The van der Waals surface area contributed by atoms with Crippen molar-refractivity contribution in [3.63, 3.8) is 0 Å². The summed E-state index contributed by atoms with van der Waals surface area (Å²) in [6.07, 6.45) is -1.11. The standard InChI is InChI=1S/C20H17F3N2O4/c1-12-3-2-8-24-18(12)16(27)7-5-14-10-28-19(25-14)13-4-6-15(26)17(9-13)29-11-20(21,22)23/h2-4,6,8-10,26H,5,7,11H2,1H3. The van der Waals surface area contributed by atoms with Crippen LogP contribution in [0, 0.1) is 6.92 Å². The molecule has 2 aromatic heterocycles. The first-order valence-corrected chi connectivity index (χ1v) is 8.65. The number of hydrogen-bond donors (Lipinski definition) is 1. The number of carbonyl (C=O) groups excluding carboxylic acids is 1. The minimum atomic E-state index is -4.53. The zero-order valence-corrected chi connectivity index (χ0v) is 15.4. The molecule has 0 atom stereocenters. The average Bonchev–Trinajstić information content (AvgIpc) is 3.14. The number of benzene rings is 1. The van der Waals surface area contributed by atoms with Crippen LogP contribution in [0.5, 0.6) is 11.5 Å². The summed E-state index contributed by atoms with van der Waals surface area (Å²) in [4.78, 5) is 20.6. The number of halogens is 3. The van der Waals surface area contributed by atoms with Gasteiger partial charge >= 0.3 is 6.18 Å². The number of ether oxygens (including phenoxy) is 1. The number of phenolic OH excluding ortho intramolecular Hbond substituents is 1. The van der Waals surface area contributed by atoms with E-state index >= 15 is 0 Å². The third kappa shape index (κ3) is 5.34. The summed E-state index contributed by atoms with van der Waals surface area (Å²) in [5.41, 5.74) is 2.03. The number of aryl methyl sites for hydroxylation is 2. The van der Waals surface area contributed by atoms with Gasteiger partial charge in [0.25, 0.3) is 0 Å². The SMILES string of the molecule is Cc1cccnc1C(=O)CCc1coc(-c2ccc(O)c(OCC(F)(F)F)c2)n1. The normalized spacial score (nSPS) is 11.4. The molecule has 0 amide bonds. The number of oxazole rings is 1. The number of ketones is 1. The fraction of sp³-hybridized carbons (Fsp3) is 0.250. The predicted octanol–water partition coefficient (Wildman–Crippen LogP) is 4.51. The van der Waals surface area contributed by atoms with Crippen LogP contribution in [0.4, 0.5) is 13.2 Å². The Morgan fingerprint density at radius 1 is 1.28 bits per heavy atom. The molecule has 0 saturated carbocycles. The van der Waals surface area contributed by atoms with Crippen molar-refractivity contribution < 1.29 is 32.2 Å². The lowest BCUT2D eigenvalue weighted by Crippen LogP contribution is -2.19. The number of alkyl halides is 3. The van der Waals surface area contributed by atoms with E-state index in [1.807, 2.05) is 0 Å². The first-order chi connectivity index (χ1) is 13.7. The van der Waals surface area contributed by atoms with Crippen molar-refractivity contribution in [1.29, 1.82) is 0 Å². The smallest absolute Gasteiger partial charge is 0.422 e. The number of pyridine rings is 1. The van der Waals surface area contributed by atoms with E-state index in [1.165, 1.54) is 24.5 Å². The van der Waals surface area contributed by atoms with Crippen LogP contribution in [-0.4, -0.2) is 33.6 Å². The van der Waals surface area contributed by atoms with Gasteiger partial charge in [0.05, 0.1) is 5.69 Å². The van der Waals surface area contributed by atoms with Crippen molar-refractivity contribution in [2.75, 3.05) is 6.61 Å². The fourth-order valence-corrected chi connectivity index (χ4v) is 2.61. The highest BCUT2D eigenvalue weighted by Gasteiger charge is 2.29. The quantitative estimate of drug-likeness (QED) is 0.581. The molecule has 29 heavy (non-hydrogen) atoms. The van der Waals surface area contributed by atoms with Crippen molar-refractivity contribution in [3.8, 4) is 23.0 Å². The molecule has 0 saturated heterocycles. The van der Waals surface area contributed by atoms with E-state index in [-0.39, 0.29) is 23.8 Å². The Labute approximate surface area is 164 Å². The average molecular weight is 406 g/mol. The fourth-order valence-electron chi connectivity index (χ4n) is 2.61. The Hall–Kier alpha value is -3.36. The number of rotatable bonds is 7. The van der Waals surface area contributed by atoms with Gasteiger partial charge in [0.2, 0.25) is 5.89 Å². The third-order valence-corrected chi connectivity index (χ3v) is 4.03. The minimum Gasteiger partial charge on any atom is -0.504 e. The predicted molar refractivity (Wildman–Crippen MR) is 96.8 cm³/mol. The van der Waals surface area contributed by atoms with Gasteiger partial charge in [0.1, 0.15) is 12.0 Å². The second-order valence-corrected chi connectivity index (χ2v) is 6.32. The highest BCUT2D eigenvalue weighted by molar-refractivity contribution is 5.95. The van der Waals surface area contributed by atoms with E-state index < -0.39 is 18.5 Å². The van der Waals surface area contributed by atoms with Crippen LogP contribution in [0.25, 0.3) is 11.5 Å². The first kappa shape index (κ1) is 20.4. The van der Waals surface area contributed by atoms with Gasteiger partial charge in [-0.25, -0.2) is 4.98 Å². The molecule has 3 aromatic rings. The maximum Gasteiger partial charge on any atom is 0.422 e. The lowest BCUT2D eigenvalue weighted by Gasteiger charge is -2.11. The number of phenols is 1. The van der Waals surface area contributed by atoms with Gasteiger partial charge in [-0.2, -0.15) is 13.2 Å². The number of aromatic nitrogens is 2. The first-order valence-electron chi connectivity index (χ1n) is 8.65. The Morgan fingerprint density at radius 3 is 2.79 bits per heavy atom. The molecule has 0 aliphatic carbocycles. The topological polar surface area (TPSA) is 85.5 Å². The van der Waals surface area contributed by atoms with Gasteiger partial charge in [-0.1, -0.05) is 6.07 Å². The van der Waals surface area contributed by atoms with Gasteiger partial charge in [-0.05, 0) is 36.8 Å². The maximum atomic E-state index is 12.3. The number of carbonyl (C=O) groups is 1. The largest absolute Gasteiger partial charge is 0.504 e. The monoisotopic (exact) mass is 406 g/mol. The Balaban J connectivity index is 1.68. The highest BCUT2D eigenvalue weighted by Crippen LogP contribution is 2.32. The zero-order chi connectivity index (χ0) is 21.0. The van der Waals surface area contributed by atoms with Crippen molar-refractivity contribution in [3.05, 3.63) is 59.7 Å². The second-order valence-electron chi connectivity index (χ2n) is 6.32. The van der Waals surface area contributed by atoms with Crippen molar-refractivity contribution in [2.24, 2.45) is 0 Å². The summed E-state index contributed by atoms with van der Waals surface area (Å²) in [6.45, 7) is 0.271. The number of hydrogen-bond acceptors (Lipinski definition) is 6. The molecule has 0 unspecified atom stereocenters. The number of nitrogens with zero attached hydrogens (tertiary/aromatic N) is 2. The number of aromatic hydroxyl groups is 1. The summed E-state index contributed by atoms with van der Waals surface area (Å²) >= 11 is 0. The van der Waals surface area contributed by atoms with Crippen LogP contribution in [0.15, 0.2) is 47.2 Å². The zero-order valence-electron chi connectivity index (χ0n) is 15.4. The molecule has 3 rings (SSSR count). The Morgan fingerprint density at radius 2 is 2.07 bits per heavy atom. The summed E-state index contributed by atoms with van der Waals surface area (Å²) in [7, 11) is 0. The molecule has 0 aliphatic rings. The molecule has 9 heteroatoms. The molecule has 0 fully saturated rings. The molecule has 1 N–H and O–H groups in total. The molecule has 0 bridgehead atoms. The summed E-state index contributed by atoms with van der Waals surface area (Å²) < 4.78 is 47.0. The summed E-state index contributed by atoms with van der Waals surface area (Å²) in [6, 6.07) is 7.39. The lowest BCUT2D eigenvalue weighted by molar-refractivity contribution is -0.153. The van der Waals surface area contributed by atoms with Crippen LogP contribution in [-0.2, 0) is 6.42 Å². The van der Waals surface area contributed by atoms with E-state index in [0.717, 1.165) is 5.56 Å².